The highest BCUT2D eigenvalue weighted by Crippen LogP contribution is 2.22. The number of carbonyl (C=O) groups is 1. The molecule has 1 N–H and O–H groups in total. The van der Waals surface area contributed by atoms with Gasteiger partial charge in [0.2, 0.25) is 0 Å². The average molecular weight is 398 g/mol. The van der Waals surface area contributed by atoms with Gasteiger partial charge in [-0.15, -0.1) is 5.10 Å². The van der Waals surface area contributed by atoms with Crippen molar-refractivity contribution in [2.45, 2.75) is 51.2 Å². The average Bonchev–Trinajstić information content (AvgIpc) is 3.39. The SMILES string of the molecule is Cc1c(C(=O)N2CC[C@@H](OCCCc3ccccc3)C2)nnn1C1CCNCC1. The first-order valence-electron chi connectivity index (χ1n) is 10.8. The first kappa shape index (κ1) is 20.0. The van der Waals surface area contributed by atoms with Crippen molar-refractivity contribution >= 4 is 5.91 Å². The smallest absolute Gasteiger partial charge is 0.276 e. The predicted octanol–water partition coefficient (Wildman–Crippen LogP) is 2.37. The fourth-order valence-corrected chi connectivity index (χ4v) is 4.31. The van der Waals surface area contributed by atoms with Gasteiger partial charge in [0.25, 0.3) is 5.91 Å². The van der Waals surface area contributed by atoms with Gasteiger partial charge < -0.3 is 15.0 Å². The number of carbonyl (C=O) groups excluding carboxylic acids is 1. The first-order valence-corrected chi connectivity index (χ1v) is 10.8. The molecule has 2 saturated heterocycles. The van der Waals surface area contributed by atoms with Crippen molar-refractivity contribution in [3.63, 3.8) is 0 Å². The second-order valence-electron chi connectivity index (χ2n) is 8.07. The van der Waals surface area contributed by atoms with Crippen LogP contribution in [0.25, 0.3) is 0 Å². The van der Waals surface area contributed by atoms with E-state index in [2.05, 4.69) is 39.9 Å². The van der Waals surface area contributed by atoms with Crippen LogP contribution >= 0.6 is 0 Å². The van der Waals surface area contributed by atoms with Crippen molar-refractivity contribution in [2.75, 3.05) is 32.8 Å². The fourth-order valence-electron chi connectivity index (χ4n) is 4.31. The number of likely N-dealkylation sites (tertiary alicyclic amines) is 1. The number of ether oxygens (including phenoxy) is 1. The monoisotopic (exact) mass is 397 g/mol. The molecule has 1 amide bonds. The number of aryl methyl sites for hydroxylation is 1. The Morgan fingerprint density at radius 3 is 2.79 bits per heavy atom. The van der Waals surface area contributed by atoms with E-state index in [1.54, 1.807) is 0 Å². The molecule has 7 heteroatoms. The standard InChI is InChI=1S/C22H31N5O2/c1-17-21(24-25-27(17)19-9-12-23-13-10-19)22(28)26-14-11-20(16-26)29-15-5-8-18-6-3-2-4-7-18/h2-4,6-7,19-20,23H,5,8-16H2,1H3/t20-/m1/s1. The van der Waals surface area contributed by atoms with Crippen LogP contribution in [-0.4, -0.2) is 64.7 Å². The summed E-state index contributed by atoms with van der Waals surface area (Å²) in [5.41, 5.74) is 2.72. The number of benzene rings is 1. The van der Waals surface area contributed by atoms with E-state index in [-0.39, 0.29) is 12.0 Å². The summed E-state index contributed by atoms with van der Waals surface area (Å²) in [5.74, 6) is -0.0157. The minimum atomic E-state index is -0.0157. The zero-order valence-electron chi connectivity index (χ0n) is 17.2. The van der Waals surface area contributed by atoms with Crippen molar-refractivity contribution in [3.05, 3.63) is 47.3 Å². The lowest BCUT2D eigenvalue weighted by Crippen LogP contribution is -2.32. The number of nitrogens with zero attached hydrogens (tertiary/aromatic N) is 4. The Labute approximate surface area is 172 Å². The molecule has 3 heterocycles. The zero-order chi connectivity index (χ0) is 20.1. The minimum absolute atomic E-state index is 0.0157. The lowest BCUT2D eigenvalue weighted by atomic mass is 10.1. The van der Waals surface area contributed by atoms with Crippen LogP contribution in [0.2, 0.25) is 0 Å². The number of hydrogen-bond donors (Lipinski definition) is 1. The maximum absolute atomic E-state index is 13.0. The van der Waals surface area contributed by atoms with Gasteiger partial charge in [0.15, 0.2) is 5.69 Å². The highest BCUT2D eigenvalue weighted by atomic mass is 16.5. The maximum atomic E-state index is 13.0. The molecule has 0 spiro atoms. The maximum Gasteiger partial charge on any atom is 0.276 e. The summed E-state index contributed by atoms with van der Waals surface area (Å²) in [5, 5.41) is 11.9. The molecular formula is C22H31N5O2. The van der Waals surface area contributed by atoms with Gasteiger partial charge in [0.1, 0.15) is 0 Å². The number of rotatable bonds is 7. The Hall–Kier alpha value is -2.25. The van der Waals surface area contributed by atoms with Crippen molar-refractivity contribution in [1.29, 1.82) is 0 Å². The van der Waals surface area contributed by atoms with E-state index in [4.69, 9.17) is 4.74 Å². The van der Waals surface area contributed by atoms with Crippen LogP contribution < -0.4 is 5.32 Å². The Balaban J connectivity index is 1.25. The predicted molar refractivity (Wildman–Crippen MR) is 111 cm³/mol. The van der Waals surface area contributed by atoms with Gasteiger partial charge in [-0.3, -0.25) is 4.79 Å². The summed E-state index contributed by atoms with van der Waals surface area (Å²) in [6.07, 6.45) is 5.08. The third-order valence-electron chi connectivity index (χ3n) is 6.02. The van der Waals surface area contributed by atoms with Gasteiger partial charge in [0.05, 0.1) is 17.8 Å². The van der Waals surface area contributed by atoms with Gasteiger partial charge in [-0.2, -0.15) is 0 Å². The normalized spacial score (nSPS) is 20.3. The van der Waals surface area contributed by atoms with Crippen LogP contribution in [0.5, 0.6) is 0 Å². The van der Waals surface area contributed by atoms with Crippen LogP contribution in [0.4, 0.5) is 0 Å². The summed E-state index contributed by atoms with van der Waals surface area (Å²) in [6.45, 7) is 6.03. The number of piperidine rings is 1. The molecule has 0 saturated carbocycles. The van der Waals surface area contributed by atoms with Crippen LogP contribution in [0.1, 0.15) is 53.5 Å². The first-order chi connectivity index (χ1) is 14.2. The molecule has 2 fully saturated rings. The number of hydrogen-bond acceptors (Lipinski definition) is 5. The molecule has 4 rings (SSSR count). The molecule has 0 radical (unpaired) electrons. The summed E-state index contributed by atoms with van der Waals surface area (Å²) in [4.78, 5) is 14.8. The lowest BCUT2D eigenvalue weighted by molar-refractivity contribution is 0.0522. The van der Waals surface area contributed by atoms with E-state index < -0.39 is 0 Å². The van der Waals surface area contributed by atoms with E-state index >= 15 is 0 Å². The number of aromatic nitrogens is 3. The lowest BCUT2D eigenvalue weighted by Gasteiger charge is -2.23. The Morgan fingerprint density at radius 2 is 2.00 bits per heavy atom. The number of nitrogens with one attached hydrogen (secondary N) is 1. The van der Waals surface area contributed by atoms with Crippen molar-refractivity contribution in [1.82, 2.24) is 25.2 Å². The molecule has 29 heavy (non-hydrogen) atoms. The summed E-state index contributed by atoms with van der Waals surface area (Å²) < 4.78 is 7.98. The van der Waals surface area contributed by atoms with Crippen LogP contribution in [-0.2, 0) is 11.2 Å². The Morgan fingerprint density at radius 1 is 1.21 bits per heavy atom. The highest BCUT2D eigenvalue weighted by molar-refractivity contribution is 5.93. The van der Waals surface area contributed by atoms with Gasteiger partial charge in [-0.25, -0.2) is 4.68 Å². The quantitative estimate of drug-likeness (QED) is 0.727. The third kappa shape index (κ3) is 4.85. The fraction of sp³-hybridized carbons (Fsp3) is 0.591. The van der Waals surface area contributed by atoms with E-state index in [0.717, 1.165) is 64.0 Å². The van der Waals surface area contributed by atoms with Crippen LogP contribution in [0.15, 0.2) is 30.3 Å². The molecule has 0 bridgehead atoms. The molecule has 7 nitrogen and oxygen atoms in total. The summed E-state index contributed by atoms with van der Waals surface area (Å²) >= 11 is 0. The molecule has 2 aliphatic rings. The van der Waals surface area contributed by atoms with E-state index in [1.807, 2.05) is 22.6 Å². The summed E-state index contributed by atoms with van der Waals surface area (Å²) in [6, 6.07) is 10.8. The van der Waals surface area contributed by atoms with Crippen molar-refractivity contribution in [2.24, 2.45) is 0 Å². The molecule has 0 unspecified atom stereocenters. The molecule has 1 atom stereocenters. The van der Waals surface area contributed by atoms with Crippen LogP contribution in [0, 0.1) is 6.92 Å². The second kappa shape index (κ2) is 9.50. The van der Waals surface area contributed by atoms with Gasteiger partial charge in [0, 0.05) is 19.7 Å². The van der Waals surface area contributed by atoms with Gasteiger partial charge >= 0.3 is 0 Å². The molecule has 0 aliphatic carbocycles. The summed E-state index contributed by atoms with van der Waals surface area (Å²) in [7, 11) is 0. The molecule has 156 valence electrons. The largest absolute Gasteiger partial charge is 0.376 e. The second-order valence-corrected chi connectivity index (χ2v) is 8.07. The van der Waals surface area contributed by atoms with E-state index in [9.17, 15) is 4.79 Å². The van der Waals surface area contributed by atoms with Gasteiger partial charge in [-0.05, 0) is 57.7 Å². The van der Waals surface area contributed by atoms with Crippen molar-refractivity contribution < 1.29 is 9.53 Å². The minimum Gasteiger partial charge on any atom is -0.376 e. The molecule has 2 aliphatic heterocycles. The highest BCUT2D eigenvalue weighted by Gasteiger charge is 2.31. The third-order valence-corrected chi connectivity index (χ3v) is 6.02. The van der Waals surface area contributed by atoms with E-state index in [1.165, 1.54) is 5.56 Å². The molecular weight excluding hydrogens is 366 g/mol. The Bertz CT molecular complexity index is 801. The van der Waals surface area contributed by atoms with Gasteiger partial charge in [-0.1, -0.05) is 35.5 Å². The van der Waals surface area contributed by atoms with Crippen molar-refractivity contribution in [3.8, 4) is 0 Å². The molecule has 2 aromatic rings. The topological polar surface area (TPSA) is 72.3 Å². The Kier molecular flexibility index (Phi) is 6.56. The zero-order valence-corrected chi connectivity index (χ0v) is 17.2. The molecule has 1 aromatic heterocycles. The molecule has 1 aromatic carbocycles. The number of amides is 1. The van der Waals surface area contributed by atoms with Crippen LogP contribution in [0.3, 0.4) is 0 Å². The van der Waals surface area contributed by atoms with E-state index in [0.29, 0.717) is 18.3 Å².